The second-order valence-electron chi connectivity index (χ2n) is 13.9. The fourth-order valence-corrected chi connectivity index (χ4v) is 5.59. The number of carbonyl (C=O) groups is 2. The molecule has 0 fully saturated rings. The van der Waals surface area contributed by atoms with Crippen LogP contribution in [-0.2, 0) is 16.6 Å². The second-order valence-corrected chi connectivity index (χ2v) is 13.9. The van der Waals surface area contributed by atoms with E-state index in [9.17, 15) is 19.8 Å². The number of hydrogen-bond acceptors (Lipinski definition) is 8. The maximum absolute atomic E-state index is 13.4. The Labute approximate surface area is 301 Å². The number of aliphatic hydroxyl groups excluding tert-OH is 1. The van der Waals surface area contributed by atoms with Crippen molar-refractivity contribution in [3.05, 3.63) is 95.8 Å². The SMILES string of the molecule is CCCCCCCOc1ccc(-c2cnc(-c3ccc(C[C@H](NC(=O)c4ccc(C(C)(C)C)c(OC)c4)C(=O)N[C@H](C)C(O)O)cc3)nc2)cc1. The molecule has 51 heavy (non-hydrogen) atoms. The lowest BCUT2D eigenvalue weighted by atomic mass is 9.85. The minimum absolute atomic E-state index is 0.154. The minimum atomic E-state index is -1.76. The molecule has 1 heterocycles. The molecule has 4 N–H and O–H groups in total. The minimum Gasteiger partial charge on any atom is -0.496 e. The van der Waals surface area contributed by atoms with Gasteiger partial charge in [-0.3, -0.25) is 9.59 Å². The normalized spacial score (nSPS) is 12.6. The molecule has 3 aromatic carbocycles. The molecule has 0 aliphatic heterocycles. The van der Waals surface area contributed by atoms with Crippen molar-refractivity contribution in [2.24, 2.45) is 0 Å². The lowest BCUT2D eigenvalue weighted by Gasteiger charge is -2.24. The standard InChI is InChI=1S/C41H52N4O6/c1-7-8-9-10-11-22-51-33-19-16-29(17-20-33)32-25-42-37(43-26-32)30-14-12-28(13-15-30)23-35(39(47)44-27(2)40(48)49)45-38(46)31-18-21-34(41(3,4)5)36(24-31)50-6/h12-21,24-27,35,40,48-49H,7-11,22-23H2,1-6H3,(H,44,47)(H,45,46)/t27-,35+/m1/s1. The quantitative estimate of drug-likeness (QED) is 0.0713. The monoisotopic (exact) mass is 696 g/mol. The molecule has 4 rings (SSSR count). The molecular weight excluding hydrogens is 644 g/mol. The predicted molar refractivity (Wildman–Crippen MR) is 200 cm³/mol. The highest BCUT2D eigenvalue weighted by Gasteiger charge is 2.26. The zero-order valence-corrected chi connectivity index (χ0v) is 30.6. The smallest absolute Gasteiger partial charge is 0.252 e. The Hall–Kier alpha value is -4.80. The average molecular weight is 697 g/mol. The number of hydrogen-bond donors (Lipinski definition) is 4. The molecule has 1 aromatic heterocycles. The molecule has 2 amide bonds. The summed E-state index contributed by atoms with van der Waals surface area (Å²) in [5.41, 5.74) is 4.53. The number of unbranched alkanes of at least 4 members (excludes halogenated alkanes) is 4. The van der Waals surface area contributed by atoms with E-state index in [0.29, 0.717) is 17.1 Å². The van der Waals surface area contributed by atoms with Gasteiger partial charge in [-0.05, 0) is 59.7 Å². The van der Waals surface area contributed by atoms with Crippen molar-refractivity contribution < 1.29 is 29.3 Å². The molecule has 0 bridgehead atoms. The number of amides is 2. The summed E-state index contributed by atoms with van der Waals surface area (Å²) in [6.07, 6.45) is 7.97. The average Bonchev–Trinajstić information content (AvgIpc) is 3.12. The van der Waals surface area contributed by atoms with Gasteiger partial charge in [-0.1, -0.05) is 95.8 Å². The molecule has 0 unspecified atom stereocenters. The number of nitrogens with zero attached hydrogens (tertiary/aromatic N) is 2. The molecule has 0 radical (unpaired) electrons. The van der Waals surface area contributed by atoms with Crippen LogP contribution in [0.1, 0.15) is 88.2 Å². The summed E-state index contributed by atoms with van der Waals surface area (Å²) in [5.74, 6) is 0.963. The number of rotatable bonds is 17. The van der Waals surface area contributed by atoms with Gasteiger partial charge in [0.2, 0.25) is 5.91 Å². The van der Waals surface area contributed by atoms with Crippen LogP contribution < -0.4 is 20.1 Å². The van der Waals surface area contributed by atoms with Crippen LogP contribution in [0.2, 0.25) is 0 Å². The van der Waals surface area contributed by atoms with Crippen molar-refractivity contribution in [1.82, 2.24) is 20.6 Å². The van der Waals surface area contributed by atoms with E-state index in [0.717, 1.165) is 46.6 Å². The Balaban J connectivity index is 1.43. The third-order valence-electron chi connectivity index (χ3n) is 8.72. The van der Waals surface area contributed by atoms with E-state index in [-0.39, 0.29) is 11.8 Å². The molecule has 4 aromatic rings. The van der Waals surface area contributed by atoms with Crippen LogP contribution in [0, 0.1) is 0 Å². The molecular formula is C41H52N4O6. The summed E-state index contributed by atoms with van der Waals surface area (Å²) >= 11 is 0. The lowest BCUT2D eigenvalue weighted by molar-refractivity contribution is -0.128. The van der Waals surface area contributed by atoms with Gasteiger partial charge in [0.15, 0.2) is 12.1 Å². The van der Waals surface area contributed by atoms with Gasteiger partial charge >= 0.3 is 0 Å². The van der Waals surface area contributed by atoms with Crippen molar-refractivity contribution >= 4 is 11.8 Å². The lowest BCUT2D eigenvalue weighted by Crippen LogP contribution is -2.52. The largest absolute Gasteiger partial charge is 0.496 e. The third-order valence-corrected chi connectivity index (χ3v) is 8.72. The van der Waals surface area contributed by atoms with Crippen molar-refractivity contribution in [2.45, 2.75) is 96.9 Å². The summed E-state index contributed by atoms with van der Waals surface area (Å²) in [6.45, 7) is 10.6. The zero-order valence-electron chi connectivity index (χ0n) is 30.6. The van der Waals surface area contributed by atoms with Gasteiger partial charge in [0.1, 0.15) is 17.5 Å². The Morgan fingerprint density at radius 2 is 1.47 bits per heavy atom. The van der Waals surface area contributed by atoms with Crippen LogP contribution in [0.3, 0.4) is 0 Å². The second kappa shape index (κ2) is 18.4. The van der Waals surface area contributed by atoms with E-state index in [4.69, 9.17) is 9.47 Å². The van der Waals surface area contributed by atoms with Crippen molar-refractivity contribution in [3.8, 4) is 34.0 Å². The van der Waals surface area contributed by atoms with Crippen molar-refractivity contribution in [3.63, 3.8) is 0 Å². The summed E-state index contributed by atoms with van der Waals surface area (Å²) < 4.78 is 11.5. The van der Waals surface area contributed by atoms with Gasteiger partial charge in [0.05, 0.1) is 19.8 Å². The molecule has 0 aliphatic rings. The number of benzene rings is 3. The van der Waals surface area contributed by atoms with Gasteiger partial charge in [0, 0.05) is 35.5 Å². The van der Waals surface area contributed by atoms with E-state index < -0.39 is 30.2 Å². The number of nitrogens with one attached hydrogen (secondary N) is 2. The highest BCUT2D eigenvalue weighted by atomic mass is 16.5. The van der Waals surface area contributed by atoms with Gasteiger partial charge in [-0.15, -0.1) is 0 Å². The predicted octanol–water partition coefficient (Wildman–Crippen LogP) is 6.62. The maximum atomic E-state index is 13.4. The first kappa shape index (κ1) is 39.0. The number of ether oxygens (including phenoxy) is 2. The number of aliphatic hydroxyl groups is 2. The Kier molecular flexibility index (Phi) is 14.1. The molecule has 10 heteroatoms. The van der Waals surface area contributed by atoms with E-state index in [1.807, 2.05) is 54.6 Å². The third kappa shape index (κ3) is 11.4. The van der Waals surface area contributed by atoms with Gasteiger partial charge < -0.3 is 30.3 Å². The molecule has 10 nitrogen and oxygen atoms in total. The Bertz CT molecular complexity index is 1700. The molecule has 0 spiro atoms. The van der Waals surface area contributed by atoms with Crippen LogP contribution in [0.25, 0.3) is 22.5 Å². The first-order chi connectivity index (χ1) is 24.4. The summed E-state index contributed by atoms with van der Waals surface area (Å²) in [4.78, 5) is 35.9. The van der Waals surface area contributed by atoms with Gasteiger partial charge in [-0.2, -0.15) is 0 Å². The fraction of sp³-hybridized carbons (Fsp3) is 0.415. The van der Waals surface area contributed by atoms with E-state index in [1.54, 1.807) is 31.6 Å². The Morgan fingerprint density at radius 1 is 0.824 bits per heavy atom. The molecule has 272 valence electrons. The molecule has 0 saturated carbocycles. The van der Waals surface area contributed by atoms with Crippen LogP contribution in [-0.4, -0.2) is 64.1 Å². The van der Waals surface area contributed by atoms with Crippen LogP contribution in [0.5, 0.6) is 11.5 Å². The summed E-state index contributed by atoms with van der Waals surface area (Å²) in [5, 5.41) is 24.5. The number of aromatic nitrogens is 2. The summed E-state index contributed by atoms with van der Waals surface area (Å²) in [6, 6.07) is 18.7. The fourth-order valence-electron chi connectivity index (χ4n) is 5.59. The number of methoxy groups -OCH3 is 1. The maximum Gasteiger partial charge on any atom is 0.252 e. The van der Waals surface area contributed by atoms with E-state index in [1.165, 1.54) is 32.6 Å². The highest BCUT2D eigenvalue weighted by molar-refractivity contribution is 5.98. The van der Waals surface area contributed by atoms with Crippen molar-refractivity contribution in [2.75, 3.05) is 13.7 Å². The molecule has 0 aliphatic carbocycles. The molecule has 0 saturated heterocycles. The van der Waals surface area contributed by atoms with Gasteiger partial charge in [-0.25, -0.2) is 9.97 Å². The zero-order chi connectivity index (χ0) is 37.0. The van der Waals surface area contributed by atoms with E-state index >= 15 is 0 Å². The van der Waals surface area contributed by atoms with E-state index in [2.05, 4.69) is 48.3 Å². The van der Waals surface area contributed by atoms with Crippen LogP contribution >= 0.6 is 0 Å². The topological polar surface area (TPSA) is 143 Å². The first-order valence-corrected chi connectivity index (χ1v) is 17.7. The van der Waals surface area contributed by atoms with Crippen LogP contribution in [0.4, 0.5) is 0 Å². The Morgan fingerprint density at radius 3 is 2.08 bits per heavy atom. The van der Waals surface area contributed by atoms with Crippen LogP contribution in [0.15, 0.2) is 79.1 Å². The highest BCUT2D eigenvalue weighted by Crippen LogP contribution is 2.32. The molecule has 2 atom stereocenters. The summed E-state index contributed by atoms with van der Waals surface area (Å²) in [7, 11) is 1.55. The first-order valence-electron chi connectivity index (χ1n) is 17.7. The van der Waals surface area contributed by atoms with Gasteiger partial charge in [0.25, 0.3) is 5.91 Å². The van der Waals surface area contributed by atoms with Crippen molar-refractivity contribution in [1.29, 1.82) is 0 Å². The number of carbonyl (C=O) groups excluding carboxylic acids is 2.